The molecule has 0 amide bonds. The molecular weight excluding hydrogens is 421 g/mol. The van der Waals surface area contributed by atoms with Gasteiger partial charge in [0, 0.05) is 13.1 Å². The summed E-state index contributed by atoms with van der Waals surface area (Å²) in [5, 5.41) is 11.1. The third-order valence-electron chi connectivity index (χ3n) is 4.73. The van der Waals surface area contributed by atoms with Gasteiger partial charge in [-0.2, -0.15) is 18.2 Å². The van der Waals surface area contributed by atoms with Crippen molar-refractivity contribution < 1.29 is 18.1 Å². The molecule has 1 aromatic carbocycles. The summed E-state index contributed by atoms with van der Waals surface area (Å²) in [6.07, 6.45) is -1.26. The summed E-state index contributed by atoms with van der Waals surface area (Å²) in [7, 11) is 1.62. The molecule has 0 N–H and O–H groups in total. The van der Waals surface area contributed by atoms with Gasteiger partial charge in [0.2, 0.25) is 0 Å². The fraction of sp³-hybridized carbons (Fsp3) is 0.474. The van der Waals surface area contributed by atoms with Crippen LogP contribution in [0.1, 0.15) is 24.8 Å². The molecule has 2 aromatic rings. The number of nitro benzene ring substituents is 1. The number of piperidine rings is 1. The molecular formula is C19H19F3N4O3S. The molecule has 1 fully saturated rings. The minimum absolute atomic E-state index is 0.142. The van der Waals surface area contributed by atoms with Crippen molar-refractivity contribution in [3.63, 3.8) is 0 Å². The Morgan fingerprint density at radius 3 is 2.60 bits per heavy atom. The number of hydrogen-bond acceptors (Lipinski definition) is 7. The van der Waals surface area contributed by atoms with E-state index in [0.29, 0.717) is 18.7 Å². The minimum atomic E-state index is -4.81. The standard InChI is InChI=1S/C19H19F3N4O3S/c1-24(7-5-6-10-25-8-3-2-4-9-25)18-23-17(27)14-11-13(19(20,21)22)12-15(26(28)29)16(14)30-18/h11-12H,2-4,7-10H2,1H3. The second-order valence-electron chi connectivity index (χ2n) is 6.97. The molecule has 11 heteroatoms. The van der Waals surface area contributed by atoms with E-state index in [4.69, 9.17) is 0 Å². The number of rotatable bonds is 4. The Balaban J connectivity index is 1.87. The Morgan fingerprint density at radius 1 is 1.27 bits per heavy atom. The lowest BCUT2D eigenvalue weighted by Crippen LogP contribution is -2.30. The molecule has 1 saturated heterocycles. The summed E-state index contributed by atoms with van der Waals surface area (Å²) in [5.41, 5.74) is -2.96. The maximum Gasteiger partial charge on any atom is 0.416 e. The molecule has 3 rings (SSSR count). The third-order valence-corrected chi connectivity index (χ3v) is 5.95. The second-order valence-corrected chi connectivity index (χ2v) is 7.95. The van der Waals surface area contributed by atoms with Gasteiger partial charge in [0.05, 0.1) is 29.0 Å². The predicted octanol–water partition coefficient (Wildman–Crippen LogP) is 3.51. The highest BCUT2D eigenvalue weighted by Crippen LogP contribution is 2.38. The molecule has 0 spiro atoms. The fourth-order valence-corrected chi connectivity index (χ4v) is 4.16. The summed E-state index contributed by atoms with van der Waals surface area (Å²) in [4.78, 5) is 30.4. The van der Waals surface area contributed by atoms with Crippen LogP contribution in [-0.2, 0) is 6.18 Å². The molecule has 7 nitrogen and oxygen atoms in total. The van der Waals surface area contributed by atoms with Crippen molar-refractivity contribution in [2.45, 2.75) is 25.4 Å². The number of halogens is 3. The lowest BCUT2D eigenvalue weighted by atomic mass is 10.1. The van der Waals surface area contributed by atoms with Crippen molar-refractivity contribution in [1.29, 1.82) is 0 Å². The molecule has 2 heterocycles. The smallest absolute Gasteiger partial charge is 0.340 e. The minimum Gasteiger partial charge on any atom is -0.340 e. The molecule has 0 radical (unpaired) electrons. The Morgan fingerprint density at radius 2 is 1.97 bits per heavy atom. The molecule has 160 valence electrons. The molecule has 0 unspecified atom stereocenters. The summed E-state index contributed by atoms with van der Waals surface area (Å²) < 4.78 is 39.0. The lowest BCUT2D eigenvalue weighted by Gasteiger charge is -2.23. The monoisotopic (exact) mass is 440 g/mol. The van der Waals surface area contributed by atoms with Crippen LogP contribution in [0.2, 0.25) is 0 Å². The van der Waals surface area contributed by atoms with Crippen LogP contribution in [0.25, 0.3) is 10.1 Å². The van der Waals surface area contributed by atoms with Gasteiger partial charge in [-0.05, 0) is 32.0 Å². The third kappa shape index (κ3) is 5.06. The topological polar surface area (TPSA) is 79.6 Å². The van der Waals surface area contributed by atoms with Gasteiger partial charge in [-0.3, -0.25) is 19.8 Å². The van der Waals surface area contributed by atoms with Gasteiger partial charge in [-0.1, -0.05) is 29.6 Å². The largest absolute Gasteiger partial charge is 0.416 e. The average Bonchev–Trinajstić information content (AvgIpc) is 2.70. The van der Waals surface area contributed by atoms with Gasteiger partial charge in [-0.25, -0.2) is 0 Å². The first kappa shape index (κ1) is 22.0. The number of nitrogens with zero attached hydrogens (tertiary/aromatic N) is 4. The van der Waals surface area contributed by atoms with E-state index in [1.807, 2.05) is 0 Å². The van der Waals surface area contributed by atoms with Gasteiger partial charge in [0.1, 0.15) is 4.70 Å². The maximum absolute atomic E-state index is 13.0. The van der Waals surface area contributed by atoms with E-state index in [1.54, 1.807) is 11.9 Å². The van der Waals surface area contributed by atoms with Crippen molar-refractivity contribution >= 4 is 32.2 Å². The van der Waals surface area contributed by atoms with E-state index in [1.165, 1.54) is 6.42 Å². The summed E-state index contributed by atoms with van der Waals surface area (Å²) in [5.74, 6) is 6.04. The Labute approximate surface area is 174 Å². The Hall–Kier alpha value is -2.71. The van der Waals surface area contributed by atoms with Crippen molar-refractivity contribution in [1.82, 2.24) is 9.88 Å². The normalized spacial score (nSPS) is 14.9. The molecule has 30 heavy (non-hydrogen) atoms. The van der Waals surface area contributed by atoms with E-state index < -0.39 is 33.3 Å². The number of anilines is 1. The van der Waals surface area contributed by atoms with E-state index in [0.717, 1.165) is 37.3 Å². The van der Waals surface area contributed by atoms with Crippen molar-refractivity contribution in [2.24, 2.45) is 0 Å². The summed E-state index contributed by atoms with van der Waals surface area (Å²) in [6.45, 7) is 2.90. The van der Waals surface area contributed by atoms with Crippen LogP contribution >= 0.6 is 11.3 Å². The first-order valence-electron chi connectivity index (χ1n) is 9.26. The number of benzene rings is 1. The summed E-state index contributed by atoms with van der Waals surface area (Å²) >= 11 is 0.797. The number of non-ortho nitro benzene ring substituents is 1. The zero-order valence-electron chi connectivity index (χ0n) is 16.2. The fourth-order valence-electron chi connectivity index (χ4n) is 3.13. The van der Waals surface area contributed by atoms with Crippen LogP contribution in [0.15, 0.2) is 16.9 Å². The number of alkyl halides is 3. The molecule has 0 saturated carbocycles. The zero-order chi connectivity index (χ0) is 21.9. The molecule has 1 aliphatic heterocycles. The van der Waals surface area contributed by atoms with Gasteiger partial charge >= 0.3 is 6.18 Å². The van der Waals surface area contributed by atoms with E-state index >= 15 is 0 Å². The Bertz CT molecular complexity index is 1070. The van der Waals surface area contributed by atoms with Gasteiger partial charge < -0.3 is 4.90 Å². The second kappa shape index (κ2) is 8.97. The van der Waals surface area contributed by atoms with Crippen LogP contribution < -0.4 is 10.5 Å². The van der Waals surface area contributed by atoms with Crippen LogP contribution in [0, 0.1) is 22.0 Å². The van der Waals surface area contributed by atoms with Crippen molar-refractivity contribution in [3.05, 3.63) is 38.2 Å². The van der Waals surface area contributed by atoms with Crippen LogP contribution in [0.5, 0.6) is 0 Å². The molecule has 1 aliphatic rings. The van der Waals surface area contributed by atoms with Crippen molar-refractivity contribution in [2.75, 3.05) is 38.1 Å². The number of hydrogen-bond donors (Lipinski definition) is 0. The highest BCUT2D eigenvalue weighted by molar-refractivity contribution is 7.22. The zero-order valence-corrected chi connectivity index (χ0v) is 17.0. The van der Waals surface area contributed by atoms with Crippen LogP contribution in [0.3, 0.4) is 0 Å². The number of aromatic nitrogens is 1. The van der Waals surface area contributed by atoms with E-state index in [2.05, 4.69) is 21.7 Å². The quantitative estimate of drug-likeness (QED) is 0.411. The molecule has 1 aromatic heterocycles. The van der Waals surface area contributed by atoms with Gasteiger partial charge in [0.25, 0.3) is 11.2 Å². The molecule has 0 atom stereocenters. The first-order chi connectivity index (χ1) is 14.2. The number of fused-ring (bicyclic) bond motifs is 1. The lowest BCUT2D eigenvalue weighted by molar-refractivity contribution is -0.383. The molecule has 0 bridgehead atoms. The van der Waals surface area contributed by atoms with Crippen LogP contribution in [-0.4, -0.2) is 48.0 Å². The van der Waals surface area contributed by atoms with Crippen LogP contribution in [0.4, 0.5) is 24.0 Å². The van der Waals surface area contributed by atoms with Gasteiger partial charge in [0.15, 0.2) is 5.13 Å². The van der Waals surface area contributed by atoms with E-state index in [-0.39, 0.29) is 16.4 Å². The van der Waals surface area contributed by atoms with E-state index in [9.17, 15) is 28.1 Å². The Kier molecular flexibility index (Phi) is 6.58. The molecule has 0 aliphatic carbocycles. The van der Waals surface area contributed by atoms with Gasteiger partial charge in [-0.15, -0.1) is 0 Å². The SMILES string of the molecule is CN(CC#CCN1CCCCC1)c1nc(=O)c2cc(C(F)(F)F)cc([N+](=O)[O-])c2s1. The van der Waals surface area contributed by atoms with Crippen molar-refractivity contribution in [3.8, 4) is 11.8 Å². The predicted molar refractivity (Wildman–Crippen MR) is 109 cm³/mol. The summed E-state index contributed by atoms with van der Waals surface area (Å²) in [6, 6.07) is 1.05. The number of nitro groups is 1. The average molecular weight is 440 g/mol. The highest BCUT2D eigenvalue weighted by atomic mass is 32.1. The maximum atomic E-state index is 13.0. The first-order valence-corrected chi connectivity index (χ1v) is 10.1. The number of likely N-dealkylation sites (tertiary alicyclic amines) is 1. The highest BCUT2D eigenvalue weighted by Gasteiger charge is 2.34.